The van der Waals surface area contributed by atoms with E-state index >= 15 is 0 Å². The molecular formula is C20H19N3O3. The Kier molecular flexibility index (Phi) is 5.43. The van der Waals surface area contributed by atoms with E-state index in [-0.39, 0.29) is 5.91 Å². The Morgan fingerprint density at radius 2 is 1.81 bits per heavy atom. The van der Waals surface area contributed by atoms with Gasteiger partial charge in [-0.05, 0) is 36.4 Å². The minimum absolute atomic E-state index is 0.114. The van der Waals surface area contributed by atoms with Gasteiger partial charge in [0, 0.05) is 30.2 Å². The molecule has 0 aliphatic heterocycles. The Morgan fingerprint density at radius 1 is 1.04 bits per heavy atom. The highest BCUT2D eigenvalue weighted by atomic mass is 16.5. The number of amides is 1. The van der Waals surface area contributed by atoms with Crippen LogP contribution in [-0.2, 0) is 9.53 Å². The van der Waals surface area contributed by atoms with Crippen molar-refractivity contribution in [3.63, 3.8) is 0 Å². The zero-order valence-electron chi connectivity index (χ0n) is 14.4. The van der Waals surface area contributed by atoms with Gasteiger partial charge < -0.3 is 15.4 Å². The molecule has 1 amide bonds. The number of rotatable bonds is 6. The summed E-state index contributed by atoms with van der Waals surface area (Å²) in [5, 5.41) is 7.10. The number of methoxy groups -OCH3 is 1. The third kappa shape index (κ3) is 4.16. The van der Waals surface area contributed by atoms with Gasteiger partial charge in [-0.25, -0.2) is 4.79 Å². The number of esters is 1. The molecule has 3 aromatic rings. The van der Waals surface area contributed by atoms with Gasteiger partial charge in [-0.2, -0.15) is 0 Å². The molecule has 0 saturated heterocycles. The topological polar surface area (TPSA) is 80.3 Å². The van der Waals surface area contributed by atoms with Crippen LogP contribution in [0.2, 0.25) is 0 Å². The number of hydrogen-bond acceptors (Lipinski definition) is 5. The standard InChI is InChI=1S/C20H19N3O3/c1-26-20(25)15-7-9-16(10-8-15)23-18(24)11-13-21-17-6-2-4-14-5-3-12-22-19(14)17/h2-10,12,21H,11,13H2,1H3,(H,23,24). The second-order valence-electron chi connectivity index (χ2n) is 5.67. The fourth-order valence-electron chi connectivity index (χ4n) is 2.59. The number of fused-ring (bicyclic) bond motifs is 1. The van der Waals surface area contributed by atoms with Crippen molar-refractivity contribution in [3.8, 4) is 0 Å². The first-order valence-electron chi connectivity index (χ1n) is 8.23. The van der Waals surface area contributed by atoms with Gasteiger partial charge in [-0.15, -0.1) is 0 Å². The molecule has 0 aliphatic rings. The molecule has 1 aromatic heterocycles. The molecule has 26 heavy (non-hydrogen) atoms. The summed E-state index contributed by atoms with van der Waals surface area (Å²) >= 11 is 0. The van der Waals surface area contributed by atoms with Crippen molar-refractivity contribution < 1.29 is 14.3 Å². The summed E-state index contributed by atoms with van der Waals surface area (Å²) in [4.78, 5) is 27.9. The van der Waals surface area contributed by atoms with Gasteiger partial charge in [-0.1, -0.05) is 18.2 Å². The van der Waals surface area contributed by atoms with Crippen molar-refractivity contribution in [2.45, 2.75) is 6.42 Å². The molecule has 2 N–H and O–H groups in total. The van der Waals surface area contributed by atoms with E-state index in [0.717, 1.165) is 16.6 Å². The van der Waals surface area contributed by atoms with E-state index in [1.165, 1.54) is 7.11 Å². The van der Waals surface area contributed by atoms with Crippen molar-refractivity contribution >= 4 is 34.2 Å². The molecule has 3 rings (SSSR count). The summed E-state index contributed by atoms with van der Waals surface area (Å²) in [6.45, 7) is 0.488. The van der Waals surface area contributed by atoms with Crippen molar-refractivity contribution in [2.75, 3.05) is 24.3 Å². The van der Waals surface area contributed by atoms with Crippen LogP contribution < -0.4 is 10.6 Å². The van der Waals surface area contributed by atoms with Crippen LogP contribution in [0.5, 0.6) is 0 Å². The fourth-order valence-corrected chi connectivity index (χ4v) is 2.59. The van der Waals surface area contributed by atoms with Gasteiger partial charge in [0.25, 0.3) is 0 Å². The average Bonchev–Trinajstić information content (AvgIpc) is 2.68. The number of hydrogen-bond donors (Lipinski definition) is 2. The van der Waals surface area contributed by atoms with Gasteiger partial charge >= 0.3 is 5.97 Å². The molecule has 0 spiro atoms. The fraction of sp³-hybridized carbons (Fsp3) is 0.150. The number of carbonyl (C=O) groups is 2. The maximum Gasteiger partial charge on any atom is 0.337 e. The molecule has 0 aliphatic carbocycles. The first-order chi connectivity index (χ1) is 12.7. The Hall–Kier alpha value is -3.41. The average molecular weight is 349 g/mol. The van der Waals surface area contributed by atoms with Crippen LogP contribution in [0.1, 0.15) is 16.8 Å². The van der Waals surface area contributed by atoms with Crippen molar-refractivity contribution in [1.82, 2.24) is 4.98 Å². The van der Waals surface area contributed by atoms with E-state index in [0.29, 0.717) is 24.2 Å². The Morgan fingerprint density at radius 3 is 2.58 bits per heavy atom. The van der Waals surface area contributed by atoms with Crippen LogP contribution in [0.4, 0.5) is 11.4 Å². The lowest BCUT2D eigenvalue weighted by atomic mass is 10.2. The molecule has 2 aromatic carbocycles. The highest BCUT2D eigenvalue weighted by Crippen LogP contribution is 2.20. The van der Waals surface area contributed by atoms with Gasteiger partial charge in [-0.3, -0.25) is 9.78 Å². The van der Waals surface area contributed by atoms with Gasteiger partial charge in [0.05, 0.1) is 23.9 Å². The summed E-state index contributed by atoms with van der Waals surface area (Å²) in [6.07, 6.45) is 2.06. The van der Waals surface area contributed by atoms with E-state index in [9.17, 15) is 9.59 Å². The van der Waals surface area contributed by atoms with Crippen LogP contribution in [0, 0.1) is 0 Å². The zero-order chi connectivity index (χ0) is 18.4. The molecule has 0 bridgehead atoms. The first kappa shape index (κ1) is 17.4. The summed E-state index contributed by atoms with van der Waals surface area (Å²) in [7, 11) is 1.33. The van der Waals surface area contributed by atoms with Crippen LogP contribution in [0.3, 0.4) is 0 Å². The molecule has 132 valence electrons. The number of carbonyl (C=O) groups excluding carboxylic acids is 2. The molecule has 6 heteroatoms. The highest BCUT2D eigenvalue weighted by molar-refractivity contribution is 5.94. The minimum atomic E-state index is -0.407. The third-order valence-corrected chi connectivity index (χ3v) is 3.89. The monoisotopic (exact) mass is 349 g/mol. The van der Waals surface area contributed by atoms with E-state index < -0.39 is 5.97 Å². The third-order valence-electron chi connectivity index (χ3n) is 3.89. The van der Waals surface area contributed by atoms with Crippen LogP contribution in [0.15, 0.2) is 60.8 Å². The van der Waals surface area contributed by atoms with Gasteiger partial charge in [0.1, 0.15) is 0 Å². The highest BCUT2D eigenvalue weighted by Gasteiger charge is 2.07. The maximum atomic E-state index is 12.1. The van der Waals surface area contributed by atoms with E-state index in [1.54, 1.807) is 30.5 Å². The molecule has 6 nitrogen and oxygen atoms in total. The molecule has 0 fully saturated rings. The molecule has 0 unspecified atom stereocenters. The number of nitrogens with zero attached hydrogens (tertiary/aromatic N) is 1. The predicted octanol–water partition coefficient (Wildman–Crippen LogP) is 3.46. The molecular weight excluding hydrogens is 330 g/mol. The first-order valence-corrected chi connectivity index (χ1v) is 8.23. The number of ether oxygens (including phenoxy) is 1. The van der Waals surface area contributed by atoms with Gasteiger partial charge in [0.15, 0.2) is 0 Å². The van der Waals surface area contributed by atoms with Crippen LogP contribution in [0.25, 0.3) is 10.9 Å². The number of para-hydroxylation sites is 1. The predicted molar refractivity (Wildman–Crippen MR) is 101 cm³/mol. The SMILES string of the molecule is COC(=O)c1ccc(NC(=O)CCNc2cccc3cccnc23)cc1. The van der Waals surface area contributed by atoms with Crippen molar-refractivity contribution in [3.05, 3.63) is 66.4 Å². The lowest BCUT2D eigenvalue weighted by Gasteiger charge is -2.09. The summed E-state index contributed by atoms with van der Waals surface area (Å²) in [5.74, 6) is -0.521. The number of benzene rings is 2. The Bertz CT molecular complexity index is 918. The molecule has 0 saturated carbocycles. The number of nitrogens with one attached hydrogen (secondary N) is 2. The maximum absolute atomic E-state index is 12.1. The van der Waals surface area contributed by atoms with Crippen molar-refractivity contribution in [2.24, 2.45) is 0 Å². The zero-order valence-corrected chi connectivity index (χ0v) is 14.4. The summed E-state index contributed by atoms with van der Waals surface area (Å²) in [6, 6.07) is 16.4. The molecule has 1 heterocycles. The molecule has 0 radical (unpaired) electrons. The number of aromatic nitrogens is 1. The number of anilines is 2. The van der Waals surface area contributed by atoms with E-state index in [4.69, 9.17) is 0 Å². The second kappa shape index (κ2) is 8.11. The Balaban J connectivity index is 1.53. The van der Waals surface area contributed by atoms with Crippen LogP contribution >= 0.6 is 0 Å². The van der Waals surface area contributed by atoms with E-state index in [2.05, 4.69) is 20.4 Å². The van der Waals surface area contributed by atoms with E-state index in [1.807, 2.05) is 30.3 Å². The van der Waals surface area contributed by atoms with Crippen molar-refractivity contribution in [1.29, 1.82) is 0 Å². The lowest BCUT2D eigenvalue weighted by molar-refractivity contribution is -0.115. The van der Waals surface area contributed by atoms with Gasteiger partial charge in [0.2, 0.25) is 5.91 Å². The smallest absolute Gasteiger partial charge is 0.337 e. The largest absolute Gasteiger partial charge is 0.465 e. The Labute approximate surface area is 151 Å². The number of pyridine rings is 1. The normalized spacial score (nSPS) is 10.3. The second-order valence-corrected chi connectivity index (χ2v) is 5.67. The lowest BCUT2D eigenvalue weighted by Crippen LogP contribution is -2.16. The molecule has 0 atom stereocenters. The minimum Gasteiger partial charge on any atom is -0.465 e. The summed E-state index contributed by atoms with van der Waals surface area (Å²) in [5.41, 5.74) is 2.86. The summed E-state index contributed by atoms with van der Waals surface area (Å²) < 4.78 is 4.64. The quantitative estimate of drug-likeness (QED) is 0.666. The van der Waals surface area contributed by atoms with Crippen LogP contribution in [-0.4, -0.2) is 30.5 Å².